The summed E-state index contributed by atoms with van der Waals surface area (Å²) in [6.45, 7) is 10.1. The van der Waals surface area contributed by atoms with Crippen LogP contribution in [0.25, 0.3) is 0 Å². The number of benzene rings is 1. The number of rotatable bonds is 5. The number of halogens is 1. The number of piperazine rings is 1. The number of carbonyl (C=O) groups excluding carboxylic acids is 3. The maximum absolute atomic E-state index is 13.4. The Hall–Kier alpha value is -2.64. The van der Waals surface area contributed by atoms with Crippen LogP contribution in [0, 0.1) is 12.3 Å². The number of carbonyl (C=O) groups is 3. The zero-order valence-electron chi connectivity index (χ0n) is 20.2. The highest BCUT2D eigenvalue weighted by atomic mass is 35.5. The number of nitrogens with zero attached hydrogens (tertiary/aromatic N) is 2. The largest absolute Gasteiger partial charge is 0.465 e. The van der Waals surface area contributed by atoms with E-state index < -0.39 is 6.04 Å². The molecule has 1 aliphatic carbocycles. The van der Waals surface area contributed by atoms with Gasteiger partial charge in [-0.3, -0.25) is 14.5 Å². The van der Waals surface area contributed by atoms with Gasteiger partial charge in [-0.1, -0.05) is 37.6 Å². The Morgan fingerprint density at radius 2 is 1.76 bits per heavy atom. The van der Waals surface area contributed by atoms with Gasteiger partial charge in [0.2, 0.25) is 0 Å². The maximum atomic E-state index is 13.4. The van der Waals surface area contributed by atoms with Crippen LogP contribution in [-0.2, 0) is 16.0 Å². The van der Waals surface area contributed by atoms with Crippen LogP contribution >= 0.6 is 11.6 Å². The van der Waals surface area contributed by atoms with E-state index >= 15 is 0 Å². The lowest BCUT2D eigenvalue weighted by Gasteiger charge is -2.38. The van der Waals surface area contributed by atoms with Crippen LogP contribution in [0.4, 0.5) is 0 Å². The number of aromatic nitrogens is 1. The molecular weight excluding hydrogens is 454 g/mol. The van der Waals surface area contributed by atoms with E-state index in [-0.39, 0.29) is 23.1 Å². The Kier molecular flexibility index (Phi) is 6.87. The summed E-state index contributed by atoms with van der Waals surface area (Å²) in [5, 5.41) is 0.604. The van der Waals surface area contributed by atoms with Crippen molar-refractivity contribution >= 4 is 29.3 Å². The highest BCUT2D eigenvalue weighted by Crippen LogP contribution is 2.37. The van der Waals surface area contributed by atoms with Crippen LogP contribution in [0.1, 0.15) is 70.9 Å². The number of hydrogen-bond donors (Lipinski definition) is 1. The minimum atomic E-state index is -0.547. The van der Waals surface area contributed by atoms with Gasteiger partial charge in [0, 0.05) is 48.9 Å². The molecular formula is C26H32ClN3O4. The lowest BCUT2D eigenvalue weighted by atomic mass is 9.75. The second-order valence-corrected chi connectivity index (χ2v) is 10.4. The first-order valence-electron chi connectivity index (χ1n) is 11.8. The van der Waals surface area contributed by atoms with Crippen molar-refractivity contribution in [2.75, 3.05) is 32.8 Å². The number of nitrogens with one attached hydrogen (secondary N) is 1. The fraction of sp³-hybridized carbons (Fsp3) is 0.500. The Balaban J connectivity index is 1.50. The number of ether oxygens (including phenoxy) is 1. The van der Waals surface area contributed by atoms with Gasteiger partial charge in [-0.05, 0) is 48.9 Å². The molecule has 0 radical (unpaired) electrons. The summed E-state index contributed by atoms with van der Waals surface area (Å²) >= 11 is 6.03. The molecule has 4 rings (SSSR count). The Morgan fingerprint density at radius 3 is 2.38 bits per heavy atom. The number of ketones is 1. The number of hydrogen-bond acceptors (Lipinski definition) is 5. The molecule has 2 aromatic rings. The summed E-state index contributed by atoms with van der Waals surface area (Å²) in [7, 11) is 0. The first-order chi connectivity index (χ1) is 16.1. The van der Waals surface area contributed by atoms with Crippen LogP contribution in [-0.4, -0.2) is 65.2 Å². The molecule has 1 fully saturated rings. The molecule has 1 amide bonds. The molecule has 7 nitrogen and oxygen atoms in total. The van der Waals surface area contributed by atoms with Crippen molar-refractivity contribution in [1.82, 2.24) is 14.8 Å². The molecule has 1 aromatic heterocycles. The first-order valence-corrected chi connectivity index (χ1v) is 12.2. The zero-order valence-corrected chi connectivity index (χ0v) is 21.0. The smallest absolute Gasteiger partial charge is 0.328 e. The van der Waals surface area contributed by atoms with E-state index in [9.17, 15) is 14.4 Å². The predicted octanol–water partition coefficient (Wildman–Crippen LogP) is 4.19. The van der Waals surface area contributed by atoms with E-state index in [1.165, 1.54) is 0 Å². The van der Waals surface area contributed by atoms with E-state index in [4.69, 9.17) is 16.3 Å². The zero-order chi connectivity index (χ0) is 24.6. The number of H-pyrrole nitrogens is 1. The second-order valence-electron chi connectivity index (χ2n) is 9.95. The fourth-order valence-corrected chi connectivity index (χ4v) is 5.28. The van der Waals surface area contributed by atoms with E-state index in [0.717, 1.165) is 23.2 Å². The average molecular weight is 486 g/mol. The van der Waals surface area contributed by atoms with Gasteiger partial charge in [-0.15, -0.1) is 0 Å². The molecule has 0 bridgehead atoms. The SMILES string of the molecule is CCOC(=O)C(c1ccc(Cl)cc1)N1CCN(C(=O)c2[nH]c3c(c2C)C(=O)CC(C)(C)C3)CC1. The molecule has 34 heavy (non-hydrogen) atoms. The van der Waals surface area contributed by atoms with Crippen LogP contribution in [0.2, 0.25) is 5.02 Å². The molecule has 1 saturated heterocycles. The molecule has 1 aromatic carbocycles. The van der Waals surface area contributed by atoms with Crippen LogP contribution in [0.5, 0.6) is 0 Å². The molecule has 2 aliphatic rings. The second kappa shape index (κ2) is 9.55. The van der Waals surface area contributed by atoms with Gasteiger partial charge in [-0.25, -0.2) is 4.79 Å². The molecule has 1 N–H and O–H groups in total. The number of esters is 1. The first kappa shape index (κ1) is 24.5. The highest BCUT2D eigenvalue weighted by molar-refractivity contribution is 6.30. The third-order valence-corrected chi connectivity index (χ3v) is 7.03. The van der Waals surface area contributed by atoms with Crippen molar-refractivity contribution in [2.45, 2.75) is 46.6 Å². The number of Topliss-reactive ketones (excluding diaryl/α,β-unsaturated/α-hetero) is 1. The fourth-order valence-electron chi connectivity index (χ4n) is 5.15. The molecule has 1 atom stereocenters. The Morgan fingerprint density at radius 1 is 1.12 bits per heavy atom. The normalized spacial score (nSPS) is 19.0. The topological polar surface area (TPSA) is 82.7 Å². The summed E-state index contributed by atoms with van der Waals surface area (Å²) in [5.41, 5.74) is 3.50. The number of amides is 1. The molecule has 0 spiro atoms. The van der Waals surface area contributed by atoms with E-state index in [1.807, 2.05) is 24.0 Å². The van der Waals surface area contributed by atoms with E-state index in [0.29, 0.717) is 55.5 Å². The van der Waals surface area contributed by atoms with Crippen LogP contribution < -0.4 is 0 Å². The van der Waals surface area contributed by atoms with Crippen molar-refractivity contribution in [3.05, 3.63) is 57.4 Å². The molecule has 2 heterocycles. The standard InChI is InChI=1S/C26H32ClN3O4/c1-5-34-25(33)23(17-6-8-18(27)9-7-17)29-10-12-30(13-11-29)24(32)22-16(2)21-19(28-22)14-26(3,4)15-20(21)31/h6-9,23,28H,5,10-15H2,1-4H3. The molecule has 0 saturated carbocycles. The van der Waals surface area contributed by atoms with Gasteiger partial charge in [0.1, 0.15) is 11.7 Å². The molecule has 1 aliphatic heterocycles. The third-order valence-electron chi connectivity index (χ3n) is 6.78. The van der Waals surface area contributed by atoms with Gasteiger partial charge in [0.25, 0.3) is 5.91 Å². The quantitative estimate of drug-likeness (QED) is 0.642. The third kappa shape index (κ3) is 4.77. The van der Waals surface area contributed by atoms with Crippen molar-refractivity contribution < 1.29 is 19.1 Å². The van der Waals surface area contributed by atoms with Gasteiger partial charge in [0.05, 0.1) is 6.61 Å². The highest BCUT2D eigenvalue weighted by Gasteiger charge is 2.37. The van der Waals surface area contributed by atoms with E-state index in [1.54, 1.807) is 24.0 Å². The number of fused-ring (bicyclic) bond motifs is 1. The van der Waals surface area contributed by atoms with Crippen LogP contribution in [0.3, 0.4) is 0 Å². The Bertz CT molecular complexity index is 1100. The Labute approximate surface area is 205 Å². The molecule has 182 valence electrons. The lowest BCUT2D eigenvalue weighted by Crippen LogP contribution is -2.51. The molecule has 8 heteroatoms. The van der Waals surface area contributed by atoms with Crippen molar-refractivity contribution in [2.24, 2.45) is 5.41 Å². The lowest BCUT2D eigenvalue weighted by molar-refractivity contribution is -0.150. The van der Waals surface area contributed by atoms with Gasteiger partial charge < -0.3 is 14.6 Å². The predicted molar refractivity (Wildman–Crippen MR) is 130 cm³/mol. The average Bonchev–Trinajstić information content (AvgIpc) is 3.10. The van der Waals surface area contributed by atoms with E-state index in [2.05, 4.69) is 18.8 Å². The summed E-state index contributed by atoms with van der Waals surface area (Å²) in [5.74, 6) is -0.306. The summed E-state index contributed by atoms with van der Waals surface area (Å²) in [6.07, 6.45) is 1.24. The van der Waals surface area contributed by atoms with Gasteiger partial charge in [0.15, 0.2) is 5.78 Å². The number of aromatic amines is 1. The minimum absolute atomic E-state index is 0.101. The monoisotopic (exact) mass is 485 g/mol. The summed E-state index contributed by atoms with van der Waals surface area (Å²) in [6, 6.07) is 6.66. The van der Waals surface area contributed by atoms with Crippen molar-refractivity contribution in [3.8, 4) is 0 Å². The van der Waals surface area contributed by atoms with Crippen molar-refractivity contribution in [3.63, 3.8) is 0 Å². The minimum Gasteiger partial charge on any atom is -0.465 e. The van der Waals surface area contributed by atoms with Gasteiger partial charge in [-0.2, -0.15) is 0 Å². The maximum Gasteiger partial charge on any atom is 0.328 e. The van der Waals surface area contributed by atoms with Crippen molar-refractivity contribution in [1.29, 1.82) is 0 Å². The van der Waals surface area contributed by atoms with Crippen LogP contribution in [0.15, 0.2) is 24.3 Å². The molecule has 1 unspecified atom stereocenters. The van der Waals surface area contributed by atoms with Gasteiger partial charge >= 0.3 is 5.97 Å². The summed E-state index contributed by atoms with van der Waals surface area (Å²) in [4.78, 5) is 46.0. The summed E-state index contributed by atoms with van der Waals surface area (Å²) < 4.78 is 5.34.